The average Bonchev–Trinajstić information content (AvgIpc) is 3.13. The molecule has 1 aromatic heterocycles. The lowest BCUT2D eigenvalue weighted by Crippen LogP contribution is -2.39. The zero-order valence-electron chi connectivity index (χ0n) is 13.9. The number of thiazole rings is 1. The summed E-state index contributed by atoms with van der Waals surface area (Å²) in [5.74, 6) is 0. The number of hydrogen-bond donors (Lipinski definition) is 1. The van der Waals surface area contributed by atoms with Crippen molar-refractivity contribution in [3.8, 4) is 0 Å². The predicted molar refractivity (Wildman–Crippen MR) is 95.4 cm³/mol. The van der Waals surface area contributed by atoms with E-state index in [0.29, 0.717) is 6.54 Å². The standard InChI is InChI=1S/C18H23N3OS/c1-18(2,3)15-12-23-16(20-15)8-10-19-17(22)21-11-9-13-6-4-5-7-14(13)21/h4-7,12H,8-11H2,1-3H3,(H,19,22). The van der Waals surface area contributed by atoms with Crippen LogP contribution < -0.4 is 10.2 Å². The maximum Gasteiger partial charge on any atom is 0.321 e. The van der Waals surface area contributed by atoms with Gasteiger partial charge in [0.2, 0.25) is 0 Å². The Bertz CT molecular complexity index is 702. The number of urea groups is 1. The van der Waals surface area contributed by atoms with Gasteiger partial charge in [-0.3, -0.25) is 4.90 Å². The number of aromatic nitrogens is 1. The van der Waals surface area contributed by atoms with Crippen molar-refractivity contribution in [1.82, 2.24) is 10.3 Å². The number of rotatable bonds is 3. The number of anilines is 1. The van der Waals surface area contributed by atoms with Crippen LogP contribution in [0.25, 0.3) is 0 Å². The van der Waals surface area contributed by atoms with Gasteiger partial charge in [0.25, 0.3) is 0 Å². The van der Waals surface area contributed by atoms with Crippen molar-refractivity contribution < 1.29 is 4.79 Å². The molecule has 1 aliphatic rings. The molecule has 4 nitrogen and oxygen atoms in total. The average molecular weight is 329 g/mol. The first-order valence-corrected chi connectivity index (χ1v) is 8.91. The van der Waals surface area contributed by atoms with Crippen LogP contribution in [0.5, 0.6) is 0 Å². The first kappa shape index (κ1) is 16.0. The number of benzene rings is 1. The van der Waals surface area contributed by atoms with E-state index in [1.54, 1.807) is 11.3 Å². The fourth-order valence-electron chi connectivity index (χ4n) is 2.69. The Morgan fingerprint density at radius 2 is 2.13 bits per heavy atom. The van der Waals surface area contributed by atoms with Gasteiger partial charge in [0, 0.05) is 36.0 Å². The van der Waals surface area contributed by atoms with E-state index in [0.717, 1.165) is 35.8 Å². The molecule has 0 saturated heterocycles. The molecule has 0 radical (unpaired) electrons. The fraction of sp³-hybridized carbons (Fsp3) is 0.444. The minimum Gasteiger partial charge on any atom is -0.337 e. The van der Waals surface area contributed by atoms with Gasteiger partial charge in [-0.2, -0.15) is 0 Å². The molecule has 0 fully saturated rings. The van der Waals surface area contributed by atoms with Crippen molar-refractivity contribution in [3.05, 3.63) is 45.9 Å². The van der Waals surface area contributed by atoms with Crippen molar-refractivity contribution in [2.24, 2.45) is 0 Å². The maximum absolute atomic E-state index is 12.4. The molecule has 5 heteroatoms. The molecule has 122 valence electrons. The van der Waals surface area contributed by atoms with Crippen molar-refractivity contribution >= 4 is 23.1 Å². The van der Waals surface area contributed by atoms with Crippen LogP contribution >= 0.6 is 11.3 Å². The zero-order chi connectivity index (χ0) is 16.4. The Hall–Kier alpha value is -1.88. The second kappa shape index (κ2) is 6.32. The third-order valence-electron chi connectivity index (χ3n) is 4.07. The molecule has 0 unspecified atom stereocenters. The first-order valence-electron chi connectivity index (χ1n) is 8.03. The molecule has 1 N–H and O–H groups in total. The van der Waals surface area contributed by atoms with Crippen molar-refractivity contribution in [2.45, 2.75) is 39.0 Å². The number of hydrogen-bond acceptors (Lipinski definition) is 3. The Balaban J connectivity index is 1.53. The molecule has 0 aliphatic carbocycles. The number of carbonyl (C=O) groups is 1. The molecule has 23 heavy (non-hydrogen) atoms. The van der Waals surface area contributed by atoms with Crippen molar-refractivity contribution in [1.29, 1.82) is 0 Å². The molecule has 0 bridgehead atoms. The third kappa shape index (κ3) is 3.55. The lowest BCUT2D eigenvalue weighted by atomic mass is 9.93. The van der Waals surface area contributed by atoms with Gasteiger partial charge < -0.3 is 5.32 Å². The van der Waals surface area contributed by atoms with Crippen LogP contribution in [0.2, 0.25) is 0 Å². The molecule has 0 atom stereocenters. The van der Waals surface area contributed by atoms with E-state index in [1.807, 2.05) is 23.1 Å². The summed E-state index contributed by atoms with van der Waals surface area (Å²) in [5.41, 5.74) is 3.49. The van der Waals surface area contributed by atoms with E-state index in [9.17, 15) is 4.79 Å². The predicted octanol–water partition coefficient (Wildman–Crippen LogP) is 3.76. The topological polar surface area (TPSA) is 45.2 Å². The lowest BCUT2D eigenvalue weighted by molar-refractivity contribution is 0.247. The summed E-state index contributed by atoms with van der Waals surface area (Å²) in [5, 5.41) is 6.22. The van der Waals surface area contributed by atoms with Gasteiger partial charge in [-0.1, -0.05) is 39.0 Å². The van der Waals surface area contributed by atoms with E-state index >= 15 is 0 Å². The first-order chi connectivity index (χ1) is 10.9. The number of nitrogens with zero attached hydrogens (tertiary/aromatic N) is 2. The smallest absolute Gasteiger partial charge is 0.321 e. The SMILES string of the molecule is CC(C)(C)c1csc(CCNC(=O)N2CCc3ccccc32)n1. The Kier molecular flexibility index (Phi) is 4.39. The van der Waals surface area contributed by atoms with E-state index in [-0.39, 0.29) is 11.4 Å². The normalized spacial score (nSPS) is 14.0. The molecule has 1 aromatic carbocycles. The number of nitrogens with one attached hydrogen (secondary N) is 1. The third-order valence-corrected chi connectivity index (χ3v) is 4.98. The largest absolute Gasteiger partial charge is 0.337 e. The van der Waals surface area contributed by atoms with Crippen LogP contribution in [0.3, 0.4) is 0 Å². The summed E-state index contributed by atoms with van der Waals surface area (Å²) in [6.45, 7) is 7.88. The summed E-state index contributed by atoms with van der Waals surface area (Å²) in [7, 11) is 0. The van der Waals surface area contributed by atoms with Gasteiger partial charge >= 0.3 is 6.03 Å². The van der Waals surface area contributed by atoms with Crippen LogP contribution in [0.1, 0.15) is 37.0 Å². The summed E-state index contributed by atoms with van der Waals surface area (Å²) in [6, 6.07) is 8.09. The second-order valence-electron chi connectivity index (χ2n) is 6.89. The maximum atomic E-state index is 12.4. The molecule has 0 spiro atoms. The fourth-order valence-corrected chi connectivity index (χ4v) is 3.72. The second-order valence-corrected chi connectivity index (χ2v) is 7.83. The Morgan fingerprint density at radius 1 is 1.35 bits per heavy atom. The van der Waals surface area contributed by atoms with Crippen LogP contribution in [0.15, 0.2) is 29.6 Å². The Labute approximate surface area is 141 Å². The van der Waals surface area contributed by atoms with E-state index in [4.69, 9.17) is 0 Å². The minimum absolute atomic E-state index is 0.0115. The molecule has 2 aromatic rings. The monoisotopic (exact) mass is 329 g/mol. The quantitative estimate of drug-likeness (QED) is 0.932. The summed E-state index contributed by atoms with van der Waals surface area (Å²) >= 11 is 1.67. The number of fused-ring (bicyclic) bond motifs is 1. The molecule has 2 amide bonds. The molecular weight excluding hydrogens is 306 g/mol. The Morgan fingerprint density at radius 3 is 2.87 bits per heavy atom. The highest BCUT2D eigenvalue weighted by Crippen LogP contribution is 2.27. The van der Waals surface area contributed by atoms with Gasteiger partial charge in [-0.25, -0.2) is 9.78 Å². The van der Waals surface area contributed by atoms with Crippen LogP contribution in [0, 0.1) is 0 Å². The van der Waals surface area contributed by atoms with E-state index in [2.05, 4.69) is 42.5 Å². The van der Waals surface area contributed by atoms with E-state index < -0.39 is 0 Å². The van der Waals surface area contributed by atoms with E-state index in [1.165, 1.54) is 5.56 Å². The van der Waals surface area contributed by atoms with Gasteiger partial charge in [0.05, 0.1) is 10.7 Å². The zero-order valence-corrected chi connectivity index (χ0v) is 14.7. The molecule has 0 saturated carbocycles. The van der Waals surface area contributed by atoms with Crippen molar-refractivity contribution in [2.75, 3.05) is 18.0 Å². The number of para-hydroxylation sites is 1. The molecule has 2 heterocycles. The van der Waals surface area contributed by atoms with Crippen LogP contribution in [-0.2, 0) is 18.3 Å². The summed E-state index contributed by atoms with van der Waals surface area (Å²) in [4.78, 5) is 18.9. The van der Waals surface area contributed by atoms with Crippen LogP contribution in [0.4, 0.5) is 10.5 Å². The minimum atomic E-state index is -0.0115. The molecule has 3 rings (SSSR count). The van der Waals surface area contributed by atoms with Crippen LogP contribution in [-0.4, -0.2) is 24.1 Å². The lowest BCUT2D eigenvalue weighted by Gasteiger charge is -2.17. The summed E-state index contributed by atoms with van der Waals surface area (Å²) < 4.78 is 0. The van der Waals surface area contributed by atoms with Gasteiger partial charge in [0.15, 0.2) is 0 Å². The number of carbonyl (C=O) groups excluding carboxylic acids is 1. The highest BCUT2D eigenvalue weighted by Gasteiger charge is 2.23. The highest BCUT2D eigenvalue weighted by atomic mass is 32.1. The highest BCUT2D eigenvalue weighted by molar-refractivity contribution is 7.09. The molecular formula is C18H23N3OS. The van der Waals surface area contributed by atoms with Gasteiger partial charge in [-0.15, -0.1) is 11.3 Å². The number of amides is 2. The summed E-state index contributed by atoms with van der Waals surface area (Å²) in [6.07, 6.45) is 1.72. The van der Waals surface area contributed by atoms with Crippen molar-refractivity contribution in [3.63, 3.8) is 0 Å². The molecule has 1 aliphatic heterocycles. The van der Waals surface area contributed by atoms with Gasteiger partial charge in [-0.05, 0) is 18.1 Å². The van der Waals surface area contributed by atoms with Gasteiger partial charge in [0.1, 0.15) is 0 Å².